The maximum atomic E-state index is 6.61. The fourth-order valence-corrected chi connectivity index (χ4v) is 11.3. The molecule has 2 aromatic heterocycles. The highest BCUT2D eigenvalue weighted by Crippen LogP contribution is 2.51. The molecule has 1 aliphatic carbocycles. The van der Waals surface area contributed by atoms with Crippen molar-refractivity contribution in [2.24, 2.45) is 0 Å². The predicted molar refractivity (Wildman–Crippen MR) is 276 cm³/mol. The Bertz CT molecular complexity index is 3470. The minimum Gasteiger partial charge on any atom is -0.456 e. The van der Waals surface area contributed by atoms with Gasteiger partial charge in [-0.2, -0.15) is 0 Å². The molecule has 1 radical (unpaired) electrons. The van der Waals surface area contributed by atoms with E-state index in [2.05, 4.69) is 229 Å². The van der Waals surface area contributed by atoms with Crippen molar-refractivity contribution in [1.82, 2.24) is 4.57 Å². The summed E-state index contributed by atoms with van der Waals surface area (Å²) < 4.78 is 9.25. The van der Waals surface area contributed by atoms with Crippen molar-refractivity contribution in [3.05, 3.63) is 197 Å². The van der Waals surface area contributed by atoms with Crippen LogP contribution in [0.15, 0.2) is 168 Å². The molecular weight excluding hydrogens is 787 g/mol. The van der Waals surface area contributed by atoms with Crippen molar-refractivity contribution in [1.29, 1.82) is 0 Å². The van der Waals surface area contributed by atoms with Gasteiger partial charge in [0.15, 0.2) is 7.28 Å². The summed E-state index contributed by atoms with van der Waals surface area (Å²) in [6.07, 6.45) is 2.30. The quantitative estimate of drug-likeness (QED) is 0.134. The molecule has 65 heavy (non-hydrogen) atoms. The van der Waals surface area contributed by atoms with Crippen LogP contribution < -0.4 is 16.2 Å². The Morgan fingerprint density at radius 2 is 1.23 bits per heavy atom. The third kappa shape index (κ3) is 6.32. The van der Waals surface area contributed by atoms with Gasteiger partial charge in [-0.1, -0.05) is 163 Å². The minimum atomic E-state index is -0.0310. The molecule has 12 rings (SSSR count). The van der Waals surface area contributed by atoms with Crippen LogP contribution in [0.3, 0.4) is 0 Å². The van der Waals surface area contributed by atoms with Crippen LogP contribution in [0.5, 0.6) is 0 Å². The van der Waals surface area contributed by atoms with Crippen LogP contribution in [0.25, 0.3) is 60.6 Å². The molecule has 1 N–H and O–H groups in total. The molecule has 3 nitrogen and oxygen atoms in total. The van der Waals surface area contributed by atoms with Crippen LogP contribution in [0.2, 0.25) is 0 Å². The lowest BCUT2D eigenvalue weighted by atomic mass is 9.58. The minimum absolute atomic E-state index is 0.0310. The standard InChI is InChI=1S/C61H54BN2O/c1-59(2,3)39-26-28-40(29-27-39)63-50-24-16-14-22-41(50)44-32-46(55(37-18-10-8-11-19-37)38-20-12-9-13-21-38)56-45-33-47-48(61(6,7)31-30-60(47,4)5)35-51(45)64-52-34-43-42-23-15-17-25-53(42)65-54(43)36-49(52)62-57(44)58(56)64/h8-29,32-36,55,63H,30-31H2,1-7H3. The number of benzene rings is 8. The number of fused-ring (bicyclic) bond motifs is 9. The first-order valence-corrected chi connectivity index (χ1v) is 23.4. The fourth-order valence-electron chi connectivity index (χ4n) is 11.3. The van der Waals surface area contributed by atoms with Crippen molar-refractivity contribution >= 4 is 73.3 Å². The van der Waals surface area contributed by atoms with E-state index in [1.807, 2.05) is 0 Å². The number of furan rings is 1. The molecule has 0 saturated heterocycles. The Balaban J connectivity index is 1.23. The molecular formula is C61H54BN2O. The number of nitrogens with zero attached hydrogens (tertiary/aromatic N) is 1. The van der Waals surface area contributed by atoms with E-state index in [0.717, 1.165) is 57.2 Å². The van der Waals surface area contributed by atoms with Gasteiger partial charge in [-0.3, -0.25) is 0 Å². The molecule has 0 fully saturated rings. The zero-order valence-corrected chi connectivity index (χ0v) is 38.5. The van der Waals surface area contributed by atoms with E-state index in [1.165, 1.54) is 71.9 Å². The van der Waals surface area contributed by atoms with Gasteiger partial charge in [0.05, 0.1) is 5.52 Å². The molecule has 1 aliphatic heterocycles. The lowest BCUT2D eigenvalue weighted by molar-refractivity contribution is 0.332. The smallest absolute Gasteiger partial charge is 0.198 e. The van der Waals surface area contributed by atoms with Crippen molar-refractivity contribution in [3.63, 3.8) is 0 Å². The summed E-state index contributed by atoms with van der Waals surface area (Å²) in [5.41, 5.74) is 20.6. The van der Waals surface area contributed by atoms with E-state index in [1.54, 1.807) is 0 Å². The lowest BCUT2D eigenvalue weighted by Crippen LogP contribution is -2.37. The molecule has 0 unspecified atom stereocenters. The van der Waals surface area contributed by atoms with Gasteiger partial charge in [0.2, 0.25) is 0 Å². The van der Waals surface area contributed by atoms with Crippen molar-refractivity contribution in [2.45, 2.75) is 83.5 Å². The van der Waals surface area contributed by atoms with E-state index in [-0.39, 0.29) is 22.2 Å². The molecule has 0 atom stereocenters. The van der Waals surface area contributed by atoms with Crippen LogP contribution in [-0.2, 0) is 16.2 Å². The molecule has 8 aromatic carbocycles. The highest BCUT2D eigenvalue weighted by Gasteiger charge is 2.39. The van der Waals surface area contributed by atoms with Gasteiger partial charge < -0.3 is 14.3 Å². The molecule has 4 heteroatoms. The predicted octanol–water partition coefficient (Wildman–Crippen LogP) is 14.9. The second-order valence-electron chi connectivity index (χ2n) is 21.1. The number of anilines is 2. The highest BCUT2D eigenvalue weighted by molar-refractivity contribution is 6.73. The Morgan fingerprint density at radius 3 is 1.92 bits per heavy atom. The molecule has 10 aromatic rings. The van der Waals surface area contributed by atoms with Crippen molar-refractivity contribution in [3.8, 4) is 16.8 Å². The van der Waals surface area contributed by atoms with Gasteiger partial charge in [0.25, 0.3) is 0 Å². The van der Waals surface area contributed by atoms with Crippen LogP contribution >= 0.6 is 0 Å². The Morgan fingerprint density at radius 1 is 0.600 bits per heavy atom. The normalized spacial score (nSPS) is 15.1. The molecule has 0 saturated carbocycles. The second-order valence-corrected chi connectivity index (χ2v) is 21.1. The average molecular weight is 842 g/mol. The first-order valence-electron chi connectivity index (χ1n) is 23.4. The van der Waals surface area contributed by atoms with E-state index in [4.69, 9.17) is 4.42 Å². The molecule has 0 amide bonds. The largest absolute Gasteiger partial charge is 0.456 e. The molecule has 3 heterocycles. The molecule has 317 valence electrons. The number of hydrogen-bond acceptors (Lipinski definition) is 2. The van der Waals surface area contributed by atoms with Crippen LogP contribution in [0, 0.1) is 0 Å². The maximum absolute atomic E-state index is 6.61. The monoisotopic (exact) mass is 841 g/mol. The van der Waals surface area contributed by atoms with Gasteiger partial charge in [0.1, 0.15) is 11.2 Å². The molecule has 0 bridgehead atoms. The summed E-state index contributed by atoms with van der Waals surface area (Å²) in [6, 6.07) is 61.0. The molecule has 0 spiro atoms. The summed E-state index contributed by atoms with van der Waals surface area (Å²) in [7, 11) is 2.45. The highest BCUT2D eigenvalue weighted by atomic mass is 16.3. The number of hydrogen-bond donors (Lipinski definition) is 1. The number of rotatable bonds is 6. The summed E-state index contributed by atoms with van der Waals surface area (Å²) in [4.78, 5) is 0. The number of aromatic nitrogens is 1. The van der Waals surface area contributed by atoms with E-state index in [0.29, 0.717) is 0 Å². The zero-order valence-electron chi connectivity index (χ0n) is 38.5. The fraction of sp³-hybridized carbons (Fsp3) is 0.213. The van der Waals surface area contributed by atoms with Gasteiger partial charge in [0, 0.05) is 55.6 Å². The summed E-state index contributed by atoms with van der Waals surface area (Å²) in [5.74, 6) is -0.0310. The van der Waals surface area contributed by atoms with Crippen molar-refractivity contribution in [2.75, 3.05) is 5.32 Å². The third-order valence-electron chi connectivity index (χ3n) is 15.0. The third-order valence-corrected chi connectivity index (χ3v) is 15.0. The van der Waals surface area contributed by atoms with Crippen LogP contribution in [0.1, 0.15) is 101 Å². The van der Waals surface area contributed by atoms with Crippen LogP contribution in [0.4, 0.5) is 11.4 Å². The Kier molecular flexibility index (Phi) is 8.79. The van der Waals surface area contributed by atoms with Gasteiger partial charge in [-0.05, 0) is 128 Å². The van der Waals surface area contributed by atoms with Crippen LogP contribution in [-0.4, -0.2) is 11.8 Å². The van der Waals surface area contributed by atoms with Gasteiger partial charge in [-0.15, -0.1) is 0 Å². The summed E-state index contributed by atoms with van der Waals surface area (Å²) >= 11 is 0. The zero-order chi connectivity index (χ0) is 44.4. The Labute approximate surface area is 383 Å². The van der Waals surface area contributed by atoms with E-state index in [9.17, 15) is 0 Å². The number of para-hydroxylation sites is 2. The van der Waals surface area contributed by atoms with Gasteiger partial charge >= 0.3 is 0 Å². The summed E-state index contributed by atoms with van der Waals surface area (Å²) in [5, 5.41) is 8.81. The topological polar surface area (TPSA) is 30.1 Å². The lowest BCUT2D eigenvalue weighted by Gasteiger charge is -2.42. The maximum Gasteiger partial charge on any atom is 0.198 e. The SMILES string of the molecule is CC(C)(C)c1ccc(Nc2ccccc2-c2cc(C(c3ccccc3)c3ccccc3)c3c4cc5c(cc4n4c3c2[B]c2cc3oc6ccccc6c3cc2-4)C(C)(C)CCC5(C)C)cc1. The Hall–Kier alpha value is -6.78. The first-order chi connectivity index (χ1) is 31.3. The molecule has 2 aliphatic rings. The van der Waals surface area contributed by atoms with Gasteiger partial charge in [-0.25, -0.2) is 0 Å². The average Bonchev–Trinajstić information content (AvgIpc) is 3.84. The van der Waals surface area contributed by atoms with E-state index < -0.39 is 0 Å². The first kappa shape index (κ1) is 39.8. The van der Waals surface area contributed by atoms with Crippen molar-refractivity contribution < 1.29 is 4.42 Å². The second kappa shape index (κ2) is 14.4. The number of nitrogens with one attached hydrogen (secondary N) is 1. The summed E-state index contributed by atoms with van der Waals surface area (Å²) in [6.45, 7) is 16.6. The van der Waals surface area contributed by atoms with E-state index >= 15 is 0 Å².